The molecule has 0 saturated heterocycles. The van der Waals surface area contributed by atoms with Crippen LogP contribution in [0.1, 0.15) is 21.7 Å². The molecule has 0 saturated carbocycles. The average molecular weight is 221 g/mol. The standard InChI is InChI=1S/C11H11NO4/c13-11(14)9-2-4-16-10(9)6-12-5-8-1-3-15-7-8/h1-4,7,12H,5-6H2,(H,13,14). The number of carboxylic acids is 1. The van der Waals surface area contributed by atoms with E-state index in [4.69, 9.17) is 13.9 Å². The predicted molar refractivity (Wildman–Crippen MR) is 54.9 cm³/mol. The molecular weight excluding hydrogens is 210 g/mol. The largest absolute Gasteiger partial charge is 0.478 e. The van der Waals surface area contributed by atoms with E-state index < -0.39 is 5.97 Å². The molecule has 0 aliphatic carbocycles. The van der Waals surface area contributed by atoms with Gasteiger partial charge in [0.15, 0.2) is 0 Å². The minimum atomic E-state index is -0.978. The van der Waals surface area contributed by atoms with Crippen molar-refractivity contribution in [2.75, 3.05) is 0 Å². The van der Waals surface area contributed by atoms with Gasteiger partial charge in [-0.1, -0.05) is 0 Å². The number of carbonyl (C=O) groups is 1. The number of carboxylic acid groups (broad SMARTS) is 1. The van der Waals surface area contributed by atoms with E-state index in [2.05, 4.69) is 5.32 Å². The first-order chi connectivity index (χ1) is 7.77. The third-order valence-electron chi connectivity index (χ3n) is 2.17. The topological polar surface area (TPSA) is 75.6 Å². The fraction of sp³-hybridized carbons (Fsp3) is 0.182. The van der Waals surface area contributed by atoms with E-state index >= 15 is 0 Å². The molecule has 84 valence electrons. The van der Waals surface area contributed by atoms with Crippen LogP contribution in [0.5, 0.6) is 0 Å². The number of nitrogens with one attached hydrogen (secondary N) is 1. The minimum absolute atomic E-state index is 0.194. The predicted octanol–water partition coefficient (Wildman–Crippen LogP) is 1.86. The van der Waals surface area contributed by atoms with E-state index in [9.17, 15) is 4.79 Å². The zero-order chi connectivity index (χ0) is 11.4. The van der Waals surface area contributed by atoms with Gasteiger partial charge in [0.2, 0.25) is 0 Å². The fourth-order valence-corrected chi connectivity index (χ4v) is 1.38. The molecule has 2 rings (SSSR count). The second-order valence-electron chi connectivity index (χ2n) is 3.30. The highest BCUT2D eigenvalue weighted by molar-refractivity contribution is 5.88. The second-order valence-corrected chi connectivity index (χ2v) is 3.30. The van der Waals surface area contributed by atoms with Crippen LogP contribution >= 0.6 is 0 Å². The van der Waals surface area contributed by atoms with Gasteiger partial charge in [-0.3, -0.25) is 0 Å². The Balaban J connectivity index is 1.90. The maximum atomic E-state index is 10.8. The Hall–Kier alpha value is -2.01. The van der Waals surface area contributed by atoms with Crippen molar-refractivity contribution in [3.8, 4) is 0 Å². The molecule has 0 unspecified atom stereocenters. The molecule has 0 aliphatic rings. The van der Waals surface area contributed by atoms with Crippen LogP contribution in [0.15, 0.2) is 39.8 Å². The number of furan rings is 2. The lowest BCUT2D eigenvalue weighted by molar-refractivity contribution is 0.0694. The van der Waals surface area contributed by atoms with Crippen molar-refractivity contribution in [1.29, 1.82) is 0 Å². The molecule has 5 heteroatoms. The van der Waals surface area contributed by atoms with Crippen LogP contribution < -0.4 is 5.32 Å². The summed E-state index contributed by atoms with van der Waals surface area (Å²) < 4.78 is 9.99. The lowest BCUT2D eigenvalue weighted by atomic mass is 10.2. The van der Waals surface area contributed by atoms with Crippen molar-refractivity contribution < 1.29 is 18.7 Å². The van der Waals surface area contributed by atoms with Gasteiger partial charge in [0.1, 0.15) is 11.3 Å². The summed E-state index contributed by atoms with van der Waals surface area (Å²) in [6.45, 7) is 0.982. The molecule has 5 nitrogen and oxygen atoms in total. The first-order valence-electron chi connectivity index (χ1n) is 4.79. The van der Waals surface area contributed by atoms with Gasteiger partial charge in [0.25, 0.3) is 0 Å². The van der Waals surface area contributed by atoms with Gasteiger partial charge < -0.3 is 19.3 Å². The molecule has 0 spiro atoms. The molecule has 2 N–H and O–H groups in total. The summed E-state index contributed by atoms with van der Waals surface area (Å²) in [6, 6.07) is 3.28. The Morgan fingerprint density at radius 1 is 1.31 bits per heavy atom. The number of hydrogen-bond acceptors (Lipinski definition) is 4. The molecule has 2 aromatic heterocycles. The van der Waals surface area contributed by atoms with Crippen molar-refractivity contribution in [2.24, 2.45) is 0 Å². The minimum Gasteiger partial charge on any atom is -0.478 e. The monoisotopic (exact) mass is 221 g/mol. The van der Waals surface area contributed by atoms with Gasteiger partial charge in [0, 0.05) is 12.1 Å². The molecule has 0 bridgehead atoms. The summed E-state index contributed by atoms with van der Waals surface area (Å²) in [5, 5.41) is 11.9. The molecule has 0 amide bonds. The Bertz CT molecular complexity index is 458. The average Bonchev–Trinajstić information content (AvgIpc) is 2.87. The number of rotatable bonds is 5. The van der Waals surface area contributed by atoms with E-state index in [0.29, 0.717) is 18.8 Å². The Morgan fingerprint density at radius 2 is 2.19 bits per heavy atom. The van der Waals surface area contributed by atoms with Crippen molar-refractivity contribution in [3.05, 3.63) is 47.8 Å². The summed E-state index contributed by atoms with van der Waals surface area (Å²) in [6.07, 6.45) is 4.60. The Morgan fingerprint density at radius 3 is 2.88 bits per heavy atom. The zero-order valence-corrected chi connectivity index (χ0v) is 8.47. The highest BCUT2D eigenvalue weighted by atomic mass is 16.4. The van der Waals surface area contributed by atoms with Crippen LogP contribution in [0, 0.1) is 0 Å². The van der Waals surface area contributed by atoms with Crippen LogP contribution in [0.2, 0.25) is 0 Å². The molecule has 0 aromatic carbocycles. The van der Waals surface area contributed by atoms with E-state index in [1.807, 2.05) is 6.07 Å². The summed E-state index contributed by atoms with van der Waals surface area (Å²) >= 11 is 0. The van der Waals surface area contributed by atoms with E-state index in [-0.39, 0.29) is 5.56 Å². The molecule has 2 heterocycles. The van der Waals surface area contributed by atoms with Crippen LogP contribution in [-0.2, 0) is 13.1 Å². The summed E-state index contributed by atoms with van der Waals surface area (Å²) in [7, 11) is 0. The molecule has 0 radical (unpaired) electrons. The van der Waals surface area contributed by atoms with Gasteiger partial charge in [0.05, 0.1) is 25.3 Å². The number of hydrogen-bond donors (Lipinski definition) is 2. The van der Waals surface area contributed by atoms with Crippen LogP contribution in [-0.4, -0.2) is 11.1 Å². The highest BCUT2D eigenvalue weighted by Crippen LogP contribution is 2.10. The van der Waals surface area contributed by atoms with E-state index in [1.54, 1.807) is 12.5 Å². The maximum absolute atomic E-state index is 10.8. The van der Waals surface area contributed by atoms with Gasteiger partial charge >= 0.3 is 5.97 Å². The highest BCUT2D eigenvalue weighted by Gasteiger charge is 2.12. The fourth-order valence-electron chi connectivity index (χ4n) is 1.38. The number of aromatic carboxylic acids is 1. The summed E-state index contributed by atoms with van der Waals surface area (Å²) in [5.41, 5.74) is 1.20. The molecule has 2 aromatic rings. The van der Waals surface area contributed by atoms with Crippen LogP contribution in [0.25, 0.3) is 0 Å². The third-order valence-corrected chi connectivity index (χ3v) is 2.17. The van der Waals surface area contributed by atoms with Gasteiger partial charge in [-0.15, -0.1) is 0 Å². The quantitative estimate of drug-likeness (QED) is 0.805. The normalized spacial score (nSPS) is 10.5. The third kappa shape index (κ3) is 2.32. The second kappa shape index (κ2) is 4.67. The van der Waals surface area contributed by atoms with E-state index in [0.717, 1.165) is 5.56 Å². The maximum Gasteiger partial charge on any atom is 0.339 e. The first kappa shape index (κ1) is 10.5. The lowest BCUT2D eigenvalue weighted by Crippen LogP contribution is -2.13. The van der Waals surface area contributed by atoms with Crippen molar-refractivity contribution in [3.63, 3.8) is 0 Å². The smallest absolute Gasteiger partial charge is 0.339 e. The van der Waals surface area contributed by atoms with Gasteiger partial charge in [-0.05, 0) is 12.1 Å². The van der Waals surface area contributed by atoms with Gasteiger partial charge in [-0.25, -0.2) is 4.79 Å². The van der Waals surface area contributed by atoms with Crippen molar-refractivity contribution >= 4 is 5.97 Å². The zero-order valence-electron chi connectivity index (χ0n) is 8.47. The van der Waals surface area contributed by atoms with Crippen molar-refractivity contribution in [2.45, 2.75) is 13.1 Å². The van der Waals surface area contributed by atoms with Gasteiger partial charge in [-0.2, -0.15) is 0 Å². The molecule has 0 fully saturated rings. The first-order valence-corrected chi connectivity index (χ1v) is 4.79. The van der Waals surface area contributed by atoms with Crippen molar-refractivity contribution in [1.82, 2.24) is 5.32 Å². The molecule has 16 heavy (non-hydrogen) atoms. The molecular formula is C11H11NO4. The summed E-state index contributed by atoms with van der Waals surface area (Å²) in [5.74, 6) is -0.551. The Kier molecular flexibility index (Phi) is 3.07. The Labute approximate surface area is 91.7 Å². The van der Waals surface area contributed by atoms with Crippen LogP contribution in [0.3, 0.4) is 0 Å². The summed E-state index contributed by atoms with van der Waals surface area (Å²) in [4.78, 5) is 10.8. The molecule has 0 aliphatic heterocycles. The van der Waals surface area contributed by atoms with E-state index in [1.165, 1.54) is 12.3 Å². The van der Waals surface area contributed by atoms with Crippen LogP contribution in [0.4, 0.5) is 0 Å². The lowest BCUT2D eigenvalue weighted by Gasteiger charge is -2.01. The molecule has 0 atom stereocenters. The SMILES string of the molecule is O=C(O)c1ccoc1CNCc1ccoc1.